The van der Waals surface area contributed by atoms with E-state index in [1.807, 2.05) is 0 Å². The van der Waals surface area contributed by atoms with Gasteiger partial charge in [0.15, 0.2) is 5.69 Å². The maximum Gasteiger partial charge on any atom is 0.435 e. The van der Waals surface area contributed by atoms with Crippen molar-refractivity contribution in [1.82, 2.24) is 14.3 Å². The molecule has 0 aliphatic carbocycles. The highest BCUT2D eigenvalue weighted by Crippen LogP contribution is 2.29. The van der Waals surface area contributed by atoms with Gasteiger partial charge in [0.1, 0.15) is 38.5 Å². The van der Waals surface area contributed by atoms with Crippen molar-refractivity contribution in [2.24, 2.45) is 10.7 Å². The number of aryl methyl sites for hydroxylation is 1. The summed E-state index contributed by atoms with van der Waals surface area (Å²) in [4.78, 5) is 29.7. The van der Waals surface area contributed by atoms with Crippen LogP contribution in [0.1, 0.15) is 21.6 Å². The lowest BCUT2D eigenvalue weighted by Gasteiger charge is -2.14. The van der Waals surface area contributed by atoms with Crippen molar-refractivity contribution < 1.29 is 40.6 Å². The Morgan fingerprint density at radius 2 is 1.80 bits per heavy atom. The highest BCUT2D eigenvalue weighted by molar-refractivity contribution is 7.90. The van der Waals surface area contributed by atoms with Crippen LogP contribution in [-0.4, -0.2) is 68.3 Å². The summed E-state index contributed by atoms with van der Waals surface area (Å²) in [5, 5.41) is 6.40. The summed E-state index contributed by atoms with van der Waals surface area (Å²) in [6.45, 7) is 3.47. The standard InChI is InChI=1S/C27H29F3N6O7S/c1-16(33-18-11-19(41-2)13-20(12-18)42-3)32-14-22(24(31)36-7-6-23(34-36)27(28,29)30)17-10-21(26(38)43-4)25(37)35(15-17)8-9-44(5,39)40/h6-7,10-15,33H,1,8-9,31H2,2-5H3/b24-22-,32-14-. The second-order valence-corrected chi connectivity index (χ2v) is 11.4. The number of halogens is 3. The Hall–Kier alpha value is -5.06. The predicted molar refractivity (Wildman–Crippen MR) is 157 cm³/mol. The summed E-state index contributed by atoms with van der Waals surface area (Å²) in [7, 11) is 0.417. The lowest BCUT2D eigenvalue weighted by atomic mass is 10.1. The van der Waals surface area contributed by atoms with E-state index in [0.29, 0.717) is 23.3 Å². The van der Waals surface area contributed by atoms with Crippen LogP contribution in [0.4, 0.5) is 18.9 Å². The molecule has 3 rings (SSSR count). The number of benzene rings is 1. The van der Waals surface area contributed by atoms with Crippen LogP contribution in [0.5, 0.6) is 11.5 Å². The monoisotopic (exact) mass is 638 g/mol. The van der Waals surface area contributed by atoms with E-state index in [-0.39, 0.29) is 29.3 Å². The van der Waals surface area contributed by atoms with Crippen LogP contribution in [0.15, 0.2) is 64.9 Å². The van der Waals surface area contributed by atoms with Crippen LogP contribution in [0.25, 0.3) is 11.4 Å². The second kappa shape index (κ2) is 13.5. The van der Waals surface area contributed by atoms with Gasteiger partial charge in [0.2, 0.25) is 0 Å². The number of nitrogens with two attached hydrogens (primary N) is 1. The molecule has 3 aromatic rings. The molecule has 3 N–H and O–H groups in total. The van der Waals surface area contributed by atoms with Crippen molar-refractivity contribution in [3.63, 3.8) is 0 Å². The molecule has 0 fully saturated rings. The Kier molecular flexibility index (Phi) is 10.3. The van der Waals surface area contributed by atoms with Crippen molar-refractivity contribution in [3.05, 3.63) is 82.3 Å². The Morgan fingerprint density at radius 1 is 1.16 bits per heavy atom. The zero-order valence-corrected chi connectivity index (χ0v) is 24.8. The largest absolute Gasteiger partial charge is 0.497 e. The fourth-order valence-electron chi connectivity index (χ4n) is 3.71. The molecule has 0 aliphatic rings. The summed E-state index contributed by atoms with van der Waals surface area (Å²) in [6.07, 6.45) is -0.537. The van der Waals surface area contributed by atoms with E-state index < -0.39 is 44.6 Å². The first-order valence-electron chi connectivity index (χ1n) is 12.4. The molecule has 2 aromatic heterocycles. The number of carbonyl (C=O) groups excluding carboxylic acids is 1. The number of aliphatic imine (C=N–C) groups is 1. The molecule has 13 nitrogen and oxygen atoms in total. The summed E-state index contributed by atoms with van der Waals surface area (Å²) in [6, 6.07) is 6.67. The SMILES string of the molecule is C=C(/N=C\C(=C(/N)n1ccc(C(F)(F)F)n1)c1cc(C(=O)OC)c(=O)n(CCS(C)(=O)=O)c1)Nc1cc(OC)cc(OC)c1. The molecule has 0 radical (unpaired) electrons. The van der Waals surface area contributed by atoms with Gasteiger partial charge in [-0.1, -0.05) is 6.58 Å². The number of nitrogens with one attached hydrogen (secondary N) is 1. The van der Waals surface area contributed by atoms with Crippen molar-refractivity contribution in [2.75, 3.05) is 38.7 Å². The van der Waals surface area contributed by atoms with Crippen LogP contribution in [0, 0.1) is 0 Å². The number of hydrogen-bond acceptors (Lipinski definition) is 11. The Balaban J connectivity index is 2.18. The van der Waals surface area contributed by atoms with Gasteiger partial charge in [-0.15, -0.1) is 0 Å². The molecular formula is C27H29F3N6O7S. The number of carbonyl (C=O) groups is 1. The summed E-state index contributed by atoms with van der Waals surface area (Å²) in [5.41, 5.74) is 4.04. The first kappa shape index (κ1) is 33.4. The van der Waals surface area contributed by atoms with E-state index in [0.717, 1.165) is 41.1 Å². The molecule has 0 saturated heterocycles. The fourth-order valence-corrected chi connectivity index (χ4v) is 4.24. The van der Waals surface area contributed by atoms with Crippen LogP contribution < -0.4 is 26.1 Å². The van der Waals surface area contributed by atoms with Gasteiger partial charge in [0.05, 0.1) is 27.1 Å². The Morgan fingerprint density at radius 3 is 2.32 bits per heavy atom. The number of pyridine rings is 1. The quantitative estimate of drug-likeness (QED) is 0.222. The smallest absolute Gasteiger partial charge is 0.435 e. The number of anilines is 1. The number of rotatable bonds is 12. The molecule has 1 aromatic carbocycles. The van der Waals surface area contributed by atoms with Gasteiger partial charge >= 0.3 is 12.1 Å². The molecular weight excluding hydrogens is 609 g/mol. The number of methoxy groups -OCH3 is 3. The molecule has 0 aliphatic heterocycles. The fraction of sp³-hybridized carbons (Fsp3) is 0.259. The molecule has 0 spiro atoms. The van der Waals surface area contributed by atoms with E-state index in [1.165, 1.54) is 20.4 Å². The van der Waals surface area contributed by atoms with Gasteiger partial charge in [-0.25, -0.2) is 22.9 Å². The van der Waals surface area contributed by atoms with E-state index in [2.05, 4.69) is 22.0 Å². The van der Waals surface area contributed by atoms with Gasteiger partial charge in [-0.3, -0.25) is 4.79 Å². The third-order valence-electron chi connectivity index (χ3n) is 5.90. The number of esters is 1. The number of allylic oxidation sites excluding steroid dienone is 1. The molecule has 44 heavy (non-hydrogen) atoms. The van der Waals surface area contributed by atoms with Gasteiger partial charge in [0, 0.05) is 66.4 Å². The summed E-state index contributed by atoms with van der Waals surface area (Å²) in [5.74, 6) is -0.946. The highest BCUT2D eigenvalue weighted by Gasteiger charge is 2.34. The first-order valence-corrected chi connectivity index (χ1v) is 14.5. The number of alkyl halides is 3. The number of sulfone groups is 1. The zero-order chi connectivity index (χ0) is 32.8. The minimum atomic E-state index is -4.77. The van der Waals surface area contributed by atoms with E-state index in [1.54, 1.807) is 18.2 Å². The number of ether oxygens (including phenoxy) is 3. The van der Waals surface area contributed by atoms with E-state index >= 15 is 0 Å². The first-order chi connectivity index (χ1) is 20.6. The summed E-state index contributed by atoms with van der Waals surface area (Å²) < 4.78 is 80.3. The molecule has 0 amide bonds. The van der Waals surface area contributed by atoms with Crippen molar-refractivity contribution in [1.29, 1.82) is 0 Å². The average molecular weight is 639 g/mol. The zero-order valence-electron chi connectivity index (χ0n) is 24.0. The molecule has 17 heteroatoms. The summed E-state index contributed by atoms with van der Waals surface area (Å²) >= 11 is 0. The highest BCUT2D eigenvalue weighted by atomic mass is 32.2. The molecule has 0 unspecified atom stereocenters. The van der Waals surface area contributed by atoms with Gasteiger partial charge < -0.3 is 29.8 Å². The molecule has 2 heterocycles. The molecule has 0 saturated carbocycles. The molecule has 0 atom stereocenters. The maximum absolute atomic E-state index is 13.3. The van der Waals surface area contributed by atoms with Crippen molar-refractivity contribution in [2.45, 2.75) is 12.7 Å². The lowest BCUT2D eigenvalue weighted by molar-refractivity contribution is -0.141. The van der Waals surface area contributed by atoms with Gasteiger partial charge in [-0.05, 0) is 12.1 Å². The second-order valence-electron chi connectivity index (χ2n) is 9.14. The third-order valence-corrected chi connectivity index (χ3v) is 6.82. The third kappa shape index (κ3) is 8.50. The predicted octanol–water partition coefficient (Wildman–Crippen LogP) is 2.85. The minimum Gasteiger partial charge on any atom is -0.497 e. The van der Waals surface area contributed by atoms with E-state index in [9.17, 15) is 31.2 Å². The van der Waals surface area contributed by atoms with Crippen LogP contribution >= 0.6 is 0 Å². The van der Waals surface area contributed by atoms with Crippen LogP contribution in [0.3, 0.4) is 0 Å². The maximum atomic E-state index is 13.3. The van der Waals surface area contributed by atoms with Crippen LogP contribution in [-0.2, 0) is 27.3 Å². The van der Waals surface area contributed by atoms with Crippen LogP contribution in [0.2, 0.25) is 0 Å². The molecule has 0 bridgehead atoms. The van der Waals surface area contributed by atoms with Gasteiger partial charge in [-0.2, -0.15) is 18.3 Å². The van der Waals surface area contributed by atoms with E-state index in [4.69, 9.17) is 19.9 Å². The average Bonchev–Trinajstić information content (AvgIpc) is 3.47. The Bertz CT molecular complexity index is 1770. The van der Waals surface area contributed by atoms with Crippen molar-refractivity contribution >= 4 is 39.1 Å². The van der Waals surface area contributed by atoms with Gasteiger partial charge in [0.25, 0.3) is 5.56 Å². The lowest BCUT2D eigenvalue weighted by Crippen LogP contribution is -2.29. The molecule has 236 valence electrons. The normalized spacial score (nSPS) is 12.5. The topological polar surface area (TPSA) is 169 Å². The minimum absolute atomic E-state index is 0.000315. The Labute approximate surface area is 250 Å². The number of aromatic nitrogens is 3. The van der Waals surface area contributed by atoms with Crippen molar-refractivity contribution in [3.8, 4) is 11.5 Å². The number of hydrogen-bond donors (Lipinski definition) is 2. The number of nitrogens with zero attached hydrogens (tertiary/aromatic N) is 4.